The second kappa shape index (κ2) is 7.94. The number of tetrazole rings is 1. The molecule has 176 valence electrons. The molecule has 3 heterocycles. The number of nitrogens with zero attached hydrogens (tertiary/aromatic N) is 5. The van der Waals surface area contributed by atoms with Gasteiger partial charge in [0.05, 0.1) is 15.7 Å². The average Bonchev–Trinajstić information content (AvgIpc) is 3.42. The number of sulfone groups is 1. The number of nitrogen functional groups attached to an aromatic ring is 1. The zero-order chi connectivity index (χ0) is 24.1. The predicted octanol–water partition coefficient (Wildman–Crippen LogP) is -0.441. The number of benzene rings is 2. The third-order valence-electron chi connectivity index (χ3n) is 5.33. The fraction of sp³-hybridized carbons (Fsp3) is 0.167. The van der Waals surface area contributed by atoms with Crippen molar-refractivity contribution in [2.45, 2.75) is 15.0 Å². The summed E-state index contributed by atoms with van der Waals surface area (Å²) in [5.41, 5.74) is 6.68. The molecule has 1 saturated heterocycles. The normalized spacial score (nSPS) is 14.7. The Kier molecular flexibility index (Phi) is 5.16. The van der Waals surface area contributed by atoms with Gasteiger partial charge in [0, 0.05) is 18.7 Å². The molecule has 0 saturated carbocycles. The Balaban J connectivity index is 1.80. The highest BCUT2D eigenvalue weighted by Gasteiger charge is 2.38. The zero-order valence-electron chi connectivity index (χ0n) is 17.2. The summed E-state index contributed by atoms with van der Waals surface area (Å²) in [7, 11) is -8.59. The van der Waals surface area contributed by atoms with Crippen LogP contribution in [0.15, 0.2) is 50.6 Å². The van der Waals surface area contributed by atoms with Crippen molar-refractivity contribution in [2.75, 3.05) is 18.8 Å². The number of aromatic amines is 1. The number of sulfonamides is 1. The molecule has 2 aromatic heterocycles. The molecule has 1 aliphatic rings. The molecular formula is C18H17N9O5S2. The van der Waals surface area contributed by atoms with Gasteiger partial charge in [0.1, 0.15) is 4.90 Å². The molecule has 4 aromatic rings. The minimum atomic E-state index is -4.56. The molecule has 34 heavy (non-hydrogen) atoms. The van der Waals surface area contributed by atoms with Crippen molar-refractivity contribution in [2.24, 2.45) is 5.14 Å². The quantitative estimate of drug-likeness (QED) is 0.262. The van der Waals surface area contributed by atoms with Gasteiger partial charge in [-0.1, -0.05) is 23.3 Å². The summed E-state index contributed by atoms with van der Waals surface area (Å²) in [6.07, 6.45) is 0. The molecule has 1 fully saturated rings. The number of H-pyrrole nitrogens is 1. The van der Waals surface area contributed by atoms with E-state index in [1.54, 1.807) is 24.3 Å². The third-order valence-corrected chi connectivity index (χ3v) is 8.61. The summed E-state index contributed by atoms with van der Waals surface area (Å²) in [4.78, 5) is -1.03. The number of anilines is 1. The first-order valence-corrected chi connectivity index (χ1v) is 12.8. The minimum Gasteiger partial charge on any atom is -0.404 e. The predicted molar refractivity (Wildman–Crippen MR) is 118 cm³/mol. The van der Waals surface area contributed by atoms with E-state index >= 15 is 0 Å². The number of primary sulfonamides is 1. The van der Waals surface area contributed by atoms with Crippen LogP contribution in [0.5, 0.6) is 0 Å². The molecule has 0 aliphatic carbocycles. The maximum Gasteiger partial charge on any atom is 0.313 e. The molecule has 2 aromatic carbocycles. The highest BCUT2D eigenvalue weighted by atomic mass is 32.2. The maximum atomic E-state index is 13.2. The van der Waals surface area contributed by atoms with Gasteiger partial charge in [-0.25, -0.2) is 22.0 Å². The molecular weight excluding hydrogens is 486 g/mol. The van der Waals surface area contributed by atoms with E-state index < -0.39 is 34.9 Å². The molecule has 14 nitrogen and oxygen atoms in total. The first-order valence-electron chi connectivity index (χ1n) is 9.74. The van der Waals surface area contributed by atoms with Crippen LogP contribution in [-0.2, 0) is 19.9 Å². The van der Waals surface area contributed by atoms with E-state index in [1.165, 1.54) is 12.1 Å². The molecule has 0 spiro atoms. The van der Waals surface area contributed by atoms with Crippen molar-refractivity contribution in [3.8, 4) is 34.0 Å². The molecule has 0 bridgehead atoms. The number of aromatic nitrogens is 6. The summed E-state index contributed by atoms with van der Waals surface area (Å²) in [5.74, 6) is -0.000871. The van der Waals surface area contributed by atoms with Crippen LogP contribution in [-0.4, -0.2) is 66.0 Å². The highest BCUT2D eigenvalue weighted by molar-refractivity contribution is 7.94. The SMILES string of the molecule is Nc1nnc(-c2cccc(-c3ccc(S(=O)(=O)C4CNC4)c(S(N)(=O)=O)c3-c3nn[nH]n3)c2)o1. The van der Waals surface area contributed by atoms with Crippen LogP contribution in [0.4, 0.5) is 6.01 Å². The van der Waals surface area contributed by atoms with Gasteiger partial charge in [0.25, 0.3) is 0 Å². The zero-order valence-corrected chi connectivity index (χ0v) is 18.8. The van der Waals surface area contributed by atoms with Crippen LogP contribution in [0.3, 0.4) is 0 Å². The summed E-state index contributed by atoms with van der Waals surface area (Å²) in [6.45, 7) is 0.391. The van der Waals surface area contributed by atoms with Gasteiger partial charge in [-0.15, -0.1) is 15.3 Å². The van der Waals surface area contributed by atoms with Crippen LogP contribution < -0.4 is 16.2 Å². The van der Waals surface area contributed by atoms with E-state index in [2.05, 4.69) is 36.1 Å². The lowest BCUT2D eigenvalue weighted by molar-refractivity contribution is 0.493. The lowest BCUT2D eigenvalue weighted by atomic mass is 9.97. The molecule has 0 amide bonds. The topological polar surface area (TPSA) is 226 Å². The van der Waals surface area contributed by atoms with Gasteiger partial charge in [-0.3, -0.25) is 0 Å². The first-order chi connectivity index (χ1) is 16.2. The van der Waals surface area contributed by atoms with Crippen molar-refractivity contribution in [1.82, 2.24) is 36.1 Å². The van der Waals surface area contributed by atoms with E-state index in [-0.39, 0.29) is 36.4 Å². The van der Waals surface area contributed by atoms with Gasteiger partial charge in [-0.2, -0.15) is 5.21 Å². The number of rotatable bonds is 6. The summed E-state index contributed by atoms with van der Waals surface area (Å²) >= 11 is 0. The van der Waals surface area contributed by atoms with Crippen LogP contribution in [0, 0.1) is 0 Å². The van der Waals surface area contributed by atoms with Crippen molar-refractivity contribution < 1.29 is 21.3 Å². The molecule has 5 rings (SSSR count). The van der Waals surface area contributed by atoms with Gasteiger partial charge in [-0.05, 0) is 34.5 Å². The Labute approximate surface area is 192 Å². The Hall–Kier alpha value is -3.73. The second-order valence-electron chi connectivity index (χ2n) is 7.45. The summed E-state index contributed by atoms with van der Waals surface area (Å²) < 4.78 is 57.3. The molecule has 0 unspecified atom stereocenters. The number of nitrogens with two attached hydrogens (primary N) is 2. The smallest absolute Gasteiger partial charge is 0.313 e. The minimum absolute atomic E-state index is 0.105. The molecule has 1 aliphatic heterocycles. The Morgan fingerprint density at radius 3 is 2.35 bits per heavy atom. The van der Waals surface area contributed by atoms with Gasteiger partial charge in [0.15, 0.2) is 9.84 Å². The van der Waals surface area contributed by atoms with Crippen LogP contribution >= 0.6 is 0 Å². The number of hydrogen-bond donors (Lipinski definition) is 4. The van der Waals surface area contributed by atoms with E-state index in [9.17, 15) is 16.8 Å². The summed E-state index contributed by atoms with van der Waals surface area (Å²) in [5, 5.41) is 28.7. The lowest BCUT2D eigenvalue weighted by Gasteiger charge is -2.28. The fourth-order valence-electron chi connectivity index (χ4n) is 3.63. The first kappa shape index (κ1) is 22.1. The van der Waals surface area contributed by atoms with E-state index in [0.717, 1.165) is 0 Å². The van der Waals surface area contributed by atoms with Gasteiger partial charge >= 0.3 is 6.01 Å². The van der Waals surface area contributed by atoms with Gasteiger partial charge < -0.3 is 15.5 Å². The largest absolute Gasteiger partial charge is 0.404 e. The van der Waals surface area contributed by atoms with E-state index in [0.29, 0.717) is 16.7 Å². The molecule has 0 radical (unpaired) electrons. The van der Waals surface area contributed by atoms with Crippen molar-refractivity contribution in [1.29, 1.82) is 0 Å². The Morgan fingerprint density at radius 2 is 1.76 bits per heavy atom. The van der Waals surface area contributed by atoms with Crippen molar-refractivity contribution in [3.63, 3.8) is 0 Å². The highest BCUT2D eigenvalue weighted by Crippen LogP contribution is 2.40. The molecule has 0 atom stereocenters. The molecule has 6 N–H and O–H groups in total. The van der Waals surface area contributed by atoms with Crippen LogP contribution in [0.1, 0.15) is 0 Å². The monoisotopic (exact) mass is 503 g/mol. The fourth-order valence-corrected chi connectivity index (χ4v) is 6.82. The number of hydrogen-bond acceptors (Lipinski definition) is 12. The second-order valence-corrected chi connectivity index (χ2v) is 11.1. The van der Waals surface area contributed by atoms with E-state index in [4.69, 9.17) is 15.3 Å². The van der Waals surface area contributed by atoms with Crippen molar-refractivity contribution in [3.05, 3.63) is 36.4 Å². The third kappa shape index (κ3) is 3.71. The van der Waals surface area contributed by atoms with Gasteiger partial charge in [0.2, 0.25) is 21.7 Å². The maximum absolute atomic E-state index is 13.2. The van der Waals surface area contributed by atoms with Crippen LogP contribution in [0.2, 0.25) is 0 Å². The van der Waals surface area contributed by atoms with E-state index in [1.807, 2.05) is 0 Å². The Morgan fingerprint density at radius 1 is 1.00 bits per heavy atom. The lowest BCUT2D eigenvalue weighted by Crippen LogP contribution is -2.51. The Bertz CT molecular complexity index is 1590. The van der Waals surface area contributed by atoms with Crippen molar-refractivity contribution >= 4 is 25.9 Å². The molecule has 16 heteroatoms. The standard InChI is InChI=1S/C18H17N9O5S2/c19-18-25-24-17(32-18)10-3-1-2-9(6-10)12-4-5-13(33(28,29)11-7-21-8-11)15(34(20,30)31)14(12)16-22-26-27-23-16/h1-6,11,21H,7-8H2,(H2,19,25)(H2,20,30,31)(H,22,23,26,27). The summed E-state index contributed by atoms with van der Waals surface area (Å²) in [6, 6.07) is 9.26. The average molecular weight is 504 g/mol. The number of nitrogens with one attached hydrogen (secondary N) is 2. The van der Waals surface area contributed by atoms with Crippen LogP contribution in [0.25, 0.3) is 34.0 Å².